The van der Waals surface area contributed by atoms with Gasteiger partial charge in [-0.25, -0.2) is 8.42 Å². The molecule has 0 saturated heterocycles. The normalized spacial score (nSPS) is 14.6. The minimum atomic E-state index is -3.25. The first kappa shape index (κ1) is 14.3. The Hall–Kier alpha value is -0.800. The molecule has 0 aliphatic carbocycles. The van der Waals surface area contributed by atoms with Gasteiger partial charge in [-0.2, -0.15) is 0 Å². The van der Waals surface area contributed by atoms with Gasteiger partial charge in [0.25, 0.3) is 0 Å². The van der Waals surface area contributed by atoms with Crippen molar-refractivity contribution in [3.63, 3.8) is 0 Å². The summed E-state index contributed by atoms with van der Waals surface area (Å²) in [4.78, 5) is 0.382. The van der Waals surface area contributed by atoms with Gasteiger partial charge in [-0.1, -0.05) is 42.8 Å². The first-order chi connectivity index (χ1) is 7.98. The Morgan fingerprint density at radius 2 is 1.94 bits per heavy atom. The van der Waals surface area contributed by atoms with E-state index in [0.29, 0.717) is 22.8 Å². The maximum absolute atomic E-state index is 12.3. The van der Waals surface area contributed by atoms with E-state index in [2.05, 4.69) is 0 Å². The van der Waals surface area contributed by atoms with Crippen molar-refractivity contribution in [3.05, 3.63) is 41.4 Å². The highest BCUT2D eigenvalue weighted by atomic mass is 35.5. The first-order valence-electron chi connectivity index (χ1n) is 5.59. The lowest BCUT2D eigenvalue weighted by Crippen LogP contribution is -2.20. The van der Waals surface area contributed by atoms with Crippen LogP contribution >= 0.6 is 11.6 Å². The van der Waals surface area contributed by atoms with Crippen LogP contribution in [0.1, 0.15) is 26.7 Å². The van der Waals surface area contributed by atoms with Gasteiger partial charge in [0.1, 0.15) is 0 Å². The van der Waals surface area contributed by atoms with Crippen LogP contribution in [0.15, 0.2) is 46.3 Å². The summed E-state index contributed by atoms with van der Waals surface area (Å²) < 4.78 is 24.6. The van der Waals surface area contributed by atoms with Crippen LogP contribution in [0.2, 0.25) is 0 Å². The standard InChI is InChI=1S/C13H17ClO2S/c1-3-12(10-9-11(2)14)17(15,16)13-7-5-4-6-8-13/h4-9,12H,3,10H2,1-2H3. The molecule has 0 amide bonds. The molecule has 0 N–H and O–H groups in total. The predicted octanol–water partition coefficient (Wildman–Crippen LogP) is 3.77. The van der Waals surface area contributed by atoms with E-state index in [9.17, 15) is 8.42 Å². The van der Waals surface area contributed by atoms with E-state index >= 15 is 0 Å². The highest BCUT2D eigenvalue weighted by molar-refractivity contribution is 7.92. The van der Waals surface area contributed by atoms with Gasteiger partial charge < -0.3 is 0 Å². The van der Waals surface area contributed by atoms with Crippen molar-refractivity contribution >= 4 is 21.4 Å². The fourth-order valence-electron chi connectivity index (χ4n) is 1.61. The SMILES string of the molecule is CCC(CC=C(C)Cl)S(=O)(=O)c1ccccc1. The number of hydrogen-bond acceptors (Lipinski definition) is 2. The van der Waals surface area contributed by atoms with Gasteiger partial charge in [-0.05, 0) is 31.9 Å². The third kappa shape index (κ3) is 3.86. The third-order valence-electron chi connectivity index (χ3n) is 2.63. The van der Waals surface area contributed by atoms with Crippen LogP contribution in [0.5, 0.6) is 0 Å². The summed E-state index contributed by atoms with van der Waals surface area (Å²) in [5, 5.41) is 0.227. The van der Waals surface area contributed by atoms with Crippen molar-refractivity contribution in [1.29, 1.82) is 0 Å². The number of sulfone groups is 1. The molecule has 1 aromatic rings. The van der Waals surface area contributed by atoms with Crippen LogP contribution < -0.4 is 0 Å². The van der Waals surface area contributed by atoms with Crippen molar-refractivity contribution in [2.45, 2.75) is 36.8 Å². The Bertz CT molecular complexity index is 473. The summed E-state index contributed by atoms with van der Waals surface area (Å²) in [7, 11) is -3.25. The predicted molar refractivity (Wildman–Crippen MR) is 71.9 cm³/mol. The van der Waals surface area contributed by atoms with Crippen LogP contribution in [-0.4, -0.2) is 13.7 Å². The molecule has 0 fully saturated rings. The monoisotopic (exact) mass is 272 g/mol. The van der Waals surface area contributed by atoms with E-state index < -0.39 is 15.1 Å². The number of allylic oxidation sites excluding steroid dienone is 2. The highest BCUT2D eigenvalue weighted by Crippen LogP contribution is 2.21. The Morgan fingerprint density at radius 3 is 2.41 bits per heavy atom. The summed E-state index contributed by atoms with van der Waals surface area (Å²) in [6, 6.07) is 8.55. The molecule has 0 aromatic heterocycles. The van der Waals surface area contributed by atoms with Crippen LogP contribution in [0.4, 0.5) is 0 Å². The molecule has 0 saturated carbocycles. The maximum Gasteiger partial charge on any atom is 0.181 e. The zero-order valence-electron chi connectivity index (χ0n) is 10.1. The van der Waals surface area contributed by atoms with E-state index in [1.165, 1.54) is 0 Å². The van der Waals surface area contributed by atoms with Gasteiger partial charge in [0.05, 0.1) is 10.1 Å². The van der Waals surface area contributed by atoms with E-state index in [-0.39, 0.29) is 0 Å². The van der Waals surface area contributed by atoms with Crippen molar-refractivity contribution < 1.29 is 8.42 Å². The van der Waals surface area contributed by atoms with Gasteiger partial charge in [-0.15, -0.1) is 0 Å². The third-order valence-corrected chi connectivity index (χ3v) is 5.11. The molecular formula is C13H17ClO2S. The van der Waals surface area contributed by atoms with Crippen LogP contribution in [0.25, 0.3) is 0 Å². The zero-order valence-corrected chi connectivity index (χ0v) is 11.6. The lowest BCUT2D eigenvalue weighted by Gasteiger charge is -2.14. The first-order valence-corrected chi connectivity index (χ1v) is 7.52. The largest absolute Gasteiger partial charge is 0.223 e. The van der Waals surface area contributed by atoms with Crippen LogP contribution in [0.3, 0.4) is 0 Å². The Labute approximate surface area is 108 Å². The molecule has 1 atom stereocenters. The molecule has 0 spiro atoms. The fourth-order valence-corrected chi connectivity index (χ4v) is 3.41. The molecule has 1 unspecified atom stereocenters. The molecular weight excluding hydrogens is 256 g/mol. The summed E-state index contributed by atoms with van der Waals surface area (Å²) >= 11 is 5.74. The average Bonchev–Trinajstić information content (AvgIpc) is 2.30. The Kier molecular flexibility index (Phi) is 5.22. The van der Waals surface area contributed by atoms with Crippen LogP contribution in [-0.2, 0) is 9.84 Å². The Balaban J connectivity index is 2.99. The summed E-state index contributed by atoms with van der Waals surface area (Å²) in [6.07, 6.45) is 2.80. The number of rotatable bonds is 5. The molecule has 0 heterocycles. The van der Waals surface area contributed by atoms with Gasteiger partial charge in [0.2, 0.25) is 0 Å². The van der Waals surface area contributed by atoms with Crippen molar-refractivity contribution in [1.82, 2.24) is 0 Å². The summed E-state index contributed by atoms with van der Waals surface area (Å²) in [5.41, 5.74) is 0. The van der Waals surface area contributed by atoms with Gasteiger partial charge in [-0.3, -0.25) is 0 Å². The fraction of sp³-hybridized carbons (Fsp3) is 0.385. The molecule has 4 heteroatoms. The molecule has 94 valence electrons. The molecule has 0 radical (unpaired) electrons. The lowest BCUT2D eigenvalue weighted by atomic mass is 10.2. The molecule has 2 nitrogen and oxygen atoms in total. The zero-order chi connectivity index (χ0) is 12.9. The van der Waals surface area contributed by atoms with Crippen molar-refractivity contribution in [3.8, 4) is 0 Å². The van der Waals surface area contributed by atoms with E-state index in [0.717, 1.165) is 0 Å². The van der Waals surface area contributed by atoms with Crippen molar-refractivity contribution in [2.75, 3.05) is 0 Å². The van der Waals surface area contributed by atoms with E-state index in [4.69, 9.17) is 11.6 Å². The molecule has 1 rings (SSSR count). The van der Waals surface area contributed by atoms with Crippen LogP contribution in [0, 0.1) is 0 Å². The van der Waals surface area contributed by atoms with Gasteiger partial charge >= 0.3 is 0 Å². The second-order valence-electron chi connectivity index (χ2n) is 3.91. The number of hydrogen-bond donors (Lipinski definition) is 0. The summed E-state index contributed by atoms with van der Waals surface area (Å²) in [5.74, 6) is 0. The molecule has 0 bridgehead atoms. The quantitative estimate of drug-likeness (QED) is 0.818. The lowest BCUT2D eigenvalue weighted by molar-refractivity contribution is 0.575. The second-order valence-corrected chi connectivity index (χ2v) is 6.74. The molecule has 0 aliphatic rings. The van der Waals surface area contributed by atoms with E-state index in [1.54, 1.807) is 37.3 Å². The molecule has 1 aromatic carbocycles. The van der Waals surface area contributed by atoms with Gasteiger partial charge in [0.15, 0.2) is 9.84 Å². The Morgan fingerprint density at radius 1 is 1.35 bits per heavy atom. The van der Waals surface area contributed by atoms with Crippen molar-refractivity contribution in [2.24, 2.45) is 0 Å². The summed E-state index contributed by atoms with van der Waals surface area (Å²) in [6.45, 7) is 3.63. The minimum Gasteiger partial charge on any atom is -0.223 e. The minimum absolute atomic E-state index is 0.382. The maximum atomic E-state index is 12.3. The molecule has 17 heavy (non-hydrogen) atoms. The van der Waals surface area contributed by atoms with E-state index in [1.807, 2.05) is 13.0 Å². The molecule has 0 aliphatic heterocycles. The average molecular weight is 273 g/mol. The number of benzene rings is 1. The topological polar surface area (TPSA) is 34.1 Å². The van der Waals surface area contributed by atoms with Gasteiger partial charge in [0, 0.05) is 5.03 Å². The smallest absolute Gasteiger partial charge is 0.181 e. The highest BCUT2D eigenvalue weighted by Gasteiger charge is 2.24. The second kappa shape index (κ2) is 6.22. The number of halogens is 1.